The van der Waals surface area contributed by atoms with Gasteiger partial charge in [-0.3, -0.25) is 9.79 Å². The maximum Gasteiger partial charge on any atom is 0.325 e. The molecule has 0 spiro atoms. The largest absolute Gasteiger partial charge is 0.480 e. The van der Waals surface area contributed by atoms with Gasteiger partial charge in [0.05, 0.1) is 12.2 Å². The number of carbonyl (C=O) groups is 1. The van der Waals surface area contributed by atoms with Crippen LogP contribution in [0.5, 0.6) is 0 Å². The van der Waals surface area contributed by atoms with E-state index < -0.39 is 17.8 Å². The summed E-state index contributed by atoms with van der Waals surface area (Å²) in [5, 5.41) is 14.4. The van der Waals surface area contributed by atoms with Gasteiger partial charge in [-0.2, -0.15) is 0 Å². The second kappa shape index (κ2) is 5.03. The molecule has 1 unspecified atom stereocenters. The Hall–Kier alpha value is -2.11. The minimum atomic E-state index is -1.03. The Morgan fingerprint density at radius 3 is 2.94 bits per heavy atom. The molecular weight excluding hydrogens is 237 g/mol. The average molecular weight is 251 g/mol. The van der Waals surface area contributed by atoms with E-state index in [0.29, 0.717) is 17.9 Å². The Morgan fingerprint density at radius 1 is 1.61 bits per heavy atom. The summed E-state index contributed by atoms with van der Waals surface area (Å²) < 4.78 is 13.8. The van der Waals surface area contributed by atoms with Gasteiger partial charge in [0, 0.05) is 12.1 Å². The summed E-state index contributed by atoms with van der Waals surface area (Å²) in [4.78, 5) is 14.9. The van der Waals surface area contributed by atoms with Crippen molar-refractivity contribution in [3.8, 4) is 0 Å². The van der Waals surface area contributed by atoms with Crippen molar-refractivity contribution in [1.82, 2.24) is 5.32 Å². The molecule has 0 saturated carbocycles. The molecular formula is C12H14FN3O2. The van der Waals surface area contributed by atoms with Crippen LogP contribution in [0.3, 0.4) is 0 Å². The van der Waals surface area contributed by atoms with Crippen LogP contribution in [0.25, 0.3) is 0 Å². The number of carboxylic acids is 1. The molecule has 1 aromatic rings. The second-order valence-corrected chi connectivity index (χ2v) is 4.06. The van der Waals surface area contributed by atoms with Crippen LogP contribution < -0.4 is 10.6 Å². The van der Waals surface area contributed by atoms with E-state index in [-0.39, 0.29) is 5.69 Å². The topological polar surface area (TPSA) is 73.7 Å². The normalized spacial score (nSPS) is 15.8. The Balaban J connectivity index is 2.17. The summed E-state index contributed by atoms with van der Waals surface area (Å²) in [5.41, 5.74) is 0.839. The molecule has 1 atom stereocenters. The highest BCUT2D eigenvalue weighted by Crippen LogP contribution is 2.17. The molecule has 5 nitrogen and oxygen atoms in total. The van der Waals surface area contributed by atoms with E-state index in [1.165, 1.54) is 19.1 Å². The predicted octanol–water partition coefficient (Wildman–Crippen LogP) is 1.06. The highest BCUT2D eigenvalue weighted by Gasteiger charge is 2.14. The molecule has 1 heterocycles. The standard InChI is InChI=1S/C12H14FN3O2/c1-7(12(17)18)16-10-3-2-8(6-9(10)13)11-14-4-5-15-11/h2-3,6-7,16H,4-5H2,1H3,(H,14,15)(H,17,18). The first-order valence-electron chi connectivity index (χ1n) is 5.65. The number of hydrogen-bond acceptors (Lipinski definition) is 4. The molecule has 96 valence electrons. The highest BCUT2D eigenvalue weighted by molar-refractivity contribution is 6.00. The molecule has 1 aromatic carbocycles. The zero-order chi connectivity index (χ0) is 13.1. The van der Waals surface area contributed by atoms with Crippen LogP contribution in [0, 0.1) is 5.82 Å². The van der Waals surface area contributed by atoms with Crippen molar-refractivity contribution < 1.29 is 14.3 Å². The monoisotopic (exact) mass is 251 g/mol. The number of rotatable bonds is 4. The van der Waals surface area contributed by atoms with Gasteiger partial charge in [0.25, 0.3) is 0 Å². The Kier molecular flexibility index (Phi) is 3.45. The van der Waals surface area contributed by atoms with Gasteiger partial charge in [-0.1, -0.05) is 0 Å². The number of hydrogen-bond donors (Lipinski definition) is 3. The van der Waals surface area contributed by atoms with Crippen molar-refractivity contribution in [1.29, 1.82) is 0 Å². The maximum atomic E-state index is 13.8. The SMILES string of the molecule is CC(Nc1ccc(C2=NCCN2)cc1F)C(=O)O. The van der Waals surface area contributed by atoms with Crippen molar-refractivity contribution >= 4 is 17.5 Å². The summed E-state index contributed by atoms with van der Waals surface area (Å²) in [5.74, 6) is -0.843. The van der Waals surface area contributed by atoms with Crippen molar-refractivity contribution in [3.05, 3.63) is 29.6 Å². The quantitative estimate of drug-likeness (QED) is 0.748. The molecule has 0 fully saturated rings. The maximum absolute atomic E-state index is 13.8. The zero-order valence-corrected chi connectivity index (χ0v) is 9.90. The van der Waals surface area contributed by atoms with Gasteiger partial charge in [0.2, 0.25) is 0 Å². The van der Waals surface area contributed by atoms with Crippen molar-refractivity contribution in [2.24, 2.45) is 4.99 Å². The fourth-order valence-corrected chi connectivity index (χ4v) is 1.67. The lowest BCUT2D eigenvalue weighted by molar-refractivity contribution is -0.137. The average Bonchev–Trinajstić information content (AvgIpc) is 2.85. The zero-order valence-electron chi connectivity index (χ0n) is 9.90. The molecule has 0 bridgehead atoms. The summed E-state index contributed by atoms with van der Waals surface area (Å²) in [6.07, 6.45) is 0. The molecule has 18 heavy (non-hydrogen) atoms. The fraction of sp³-hybridized carbons (Fsp3) is 0.333. The van der Waals surface area contributed by atoms with E-state index in [2.05, 4.69) is 15.6 Å². The summed E-state index contributed by atoms with van der Waals surface area (Å²) in [6.45, 7) is 2.90. The van der Waals surface area contributed by atoms with Gasteiger partial charge in [0.15, 0.2) is 0 Å². The Bertz CT molecular complexity index is 502. The van der Waals surface area contributed by atoms with Gasteiger partial charge >= 0.3 is 5.97 Å². The van der Waals surface area contributed by atoms with Crippen LogP contribution in [0.1, 0.15) is 12.5 Å². The molecule has 0 aliphatic carbocycles. The van der Waals surface area contributed by atoms with Crippen molar-refractivity contribution in [2.75, 3.05) is 18.4 Å². The fourth-order valence-electron chi connectivity index (χ4n) is 1.67. The van der Waals surface area contributed by atoms with Crippen molar-refractivity contribution in [3.63, 3.8) is 0 Å². The number of halogens is 1. The van der Waals surface area contributed by atoms with Crippen molar-refractivity contribution in [2.45, 2.75) is 13.0 Å². The van der Waals surface area contributed by atoms with Gasteiger partial charge in [0.1, 0.15) is 17.7 Å². The minimum Gasteiger partial charge on any atom is -0.480 e. The second-order valence-electron chi connectivity index (χ2n) is 4.06. The summed E-state index contributed by atoms with van der Waals surface area (Å²) >= 11 is 0. The first-order chi connectivity index (χ1) is 8.58. The summed E-state index contributed by atoms with van der Waals surface area (Å²) in [7, 11) is 0. The minimum absolute atomic E-state index is 0.173. The van der Waals surface area contributed by atoms with E-state index in [9.17, 15) is 9.18 Å². The molecule has 6 heteroatoms. The Morgan fingerprint density at radius 2 is 2.39 bits per heavy atom. The number of nitrogens with one attached hydrogen (secondary N) is 2. The van der Waals surface area contributed by atoms with E-state index in [1.54, 1.807) is 6.07 Å². The molecule has 1 aliphatic heterocycles. The first kappa shape index (κ1) is 12.3. The Labute approximate surface area is 104 Å². The molecule has 0 aromatic heterocycles. The summed E-state index contributed by atoms with van der Waals surface area (Å²) in [6, 6.07) is 3.73. The van der Waals surface area contributed by atoms with E-state index in [4.69, 9.17) is 5.11 Å². The van der Waals surface area contributed by atoms with Crippen LogP contribution in [-0.4, -0.2) is 36.0 Å². The molecule has 2 rings (SSSR count). The van der Waals surface area contributed by atoms with Gasteiger partial charge in [-0.25, -0.2) is 4.39 Å². The van der Waals surface area contributed by atoms with Crippen LogP contribution >= 0.6 is 0 Å². The van der Waals surface area contributed by atoms with Gasteiger partial charge < -0.3 is 15.7 Å². The lowest BCUT2D eigenvalue weighted by Gasteiger charge is -2.12. The lowest BCUT2D eigenvalue weighted by atomic mass is 10.1. The van der Waals surface area contributed by atoms with Crippen LogP contribution in [0.15, 0.2) is 23.2 Å². The van der Waals surface area contributed by atoms with Gasteiger partial charge in [-0.05, 0) is 25.1 Å². The number of nitrogens with zero attached hydrogens (tertiary/aromatic N) is 1. The number of aliphatic carboxylic acids is 1. The highest BCUT2D eigenvalue weighted by atomic mass is 19.1. The molecule has 0 amide bonds. The molecule has 0 saturated heterocycles. The van der Waals surface area contributed by atoms with E-state index in [1.807, 2.05) is 0 Å². The lowest BCUT2D eigenvalue weighted by Crippen LogP contribution is -2.26. The van der Waals surface area contributed by atoms with Gasteiger partial charge in [-0.15, -0.1) is 0 Å². The van der Waals surface area contributed by atoms with Crippen LogP contribution in [0.2, 0.25) is 0 Å². The number of amidine groups is 1. The molecule has 0 radical (unpaired) electrons. The first-order valence-corrected chi connectivity index (χ1v) is 5.65. The van der Waals surface area contributed by atoms with Crippen LogP contribution in [-0.2, 0) is 4.79 Å². The van der Waals surface area contributed by atoms with Crippen LogP contribution in [0.4, 0.5) is 10.1 Å². The number of anilines is 1. The number of benzene rings is 1. The smallest absolute Gasteiger partial charge is 0.325 e. The van der Waals surface area contributed by atoms with E-state index in [0.717, 1.165) is 6.54 Å². The number of aliphatic imine (C=N–C) groups is 1. The predicted molar refractivity (Wildman–Crippen MR) is 66.5 cm³/mol. The third-order valence-corrected chi connectivity index (χ3v) is 2.66. The third-order valence-electron chi connectivity index (χ3n) is 2.66. The third kappa shape index (κ3) is 2.58. The molecule has 1 aliphatic rings. The molecule has 3 N–H and O–H groups in total. The number of carboxylic acid groups (broad SMARTS) is 1. The van der Waals surface area contributed by atoms with E-state index >= 15 is 0 Å².